The molecule has 0 saturated heterocycles. The van der Waals surface area contributed by atoms with Gasteiger partial charge in [-0.1, -0.05) is 15.9 Å². The van der Waals surface area contributed by atoms with E-state index in [1.807, 2.05) is 0 Å². The van der Waals surface area contributed by atoms with Crippen LogP contribution in [0.4, 0.5) is 8.78 Å². The Morgan fingerprint density at radius 1 is 1.15 bits per heavy atom. The van der Waals surface area contributed by atoms with Crippen LogP contribution in [0.1, 0.15) is 17.3 Å². The molecule has 1 atom stereocenters. The molecule has 2 aromatic carbocycles. The van der Waals surface area contributed by atoms with Crippen molar-refractivity contribution in [3.63, 3.8) is 0 Å². The number of ketones is 1. The maximum atomic E-state index is 13.6. The van der Waals surface area contributed by atoms with Crippen molar-refractivity contribution in [1.82, 2.24) is 0 Å². The zero-order valence-corrected chi connectivity index (χ0v) is 12.2. The molecular weight excluding hydrogens is 330 g/mol. The minimum Gasteiger partial charge on any atom is -0.479 e. The van der Waals surface area contributed by atoms with Gasteiger partial charge in [-0.2, -0.15) is 0 Å². The fourth-order valence-electron chi connectivity index (χ4n) is 1.66. The van der Waals surface area contributed by atoms with Crippen LogP contribution in [0.5, 0.6) is 5.75 Å². The van der Waals surface area contributed by atoms with Gasteiger partial charge in [0.25, 0.3) is 0 Å². The van der Waals surface area contributed by atoms with Crippen LogP contribution < -0.4 is 4.74 Å². The van der Waals surface area contributed by atoms with Crippen LogP contribution in [-0.2, 0) is 0 Å². The summed E-state index contributed by atoms with van der Waals surface area (Å²) in [5.41, 5.74) is 0.316. The van der Waals surface area contributed by atoms with Gasteiger partial charge in [0.1, 0.15) is 5.82 Å². The number of hydrogen-bond acceptors (Lipinski definition) is 2. The second kappa shape index (κ2) is 6.13. The standard InChI is InChI=1S/C15H11BrF2O2/c1-9(15(19)10-2-5-12(17)6-3-10)20-14-7-4-11(16)8-13(14)18/h2-9H,1H3. The first-order valence-corrected chi connectivity index (χ1v) is 6.68. The minimum absolute atomic E-state index is 0.00355. The van der Waals surface area contributed by atoms with Gasteiger partial charge < -0.3 is 4.74 Å². The molecule has 2 aromatic rings. The van der Waals surface area contributed by atoms with Gasteiger partial charge in [-0.05, 0) is 49.4 Å². The number of Topliss-reactive ketones (excluding diaryl/α,β-unsaturated/α-hetero) is 1. The number of hydrogen-bond donors (Lipinski definition) is 0. The van der Waals surface area contributed by atoms with E-state index in [1.54, 1.807) is 6.07 Å². The van der Waals surface area contributed by atoms with E-state index in [0.717, 1.165) is 0 Å². The highest BCUT2D eigenvalue weighted by Crippen LogP contribution is 2.23. The van der Waals surface area contributed by atoms with Crippen LogP contribution in [-0.4, -0.2) is 11.9 Å². The van der Waals surface area contributed by atoms with E-state index >= 15 is 0 Å². The topological polar surface area (TPSA) is 26.3 Å². The van der Waals surface area contributed by atoms with E-state index in [9.17, 15) is 13.6 Å². The van der Waals surface area contributed by atoms with Gasteiger partial charge in [0.2, 0.25) is 5.78 Å². The summed E-state index contributed by atoms with van der Waals surface area (Å²) in [6.07, 6.45) is -0.865. The van der Waals surface area contributed by atoms with E-state index in [1.165, 1.54) is 43.3 Å². The lowest BCUT2D eigenvalue weighted by Crippen LogP contribution is -2.24. The summed E-state index contributed by atoms with van der Waals surface area (Å²) in [5.74, 6) is -1.32. The fourth-order valence-corrected chi connectivity index (χ4v) is 2.00. The minimum atomic E-state index is -0.865. The summed E-state index contributed by atoms with van der Waals surface area (Å²) in [7, 11) is 0. The lowest BCUT2D eigenvalue weighted by atomic mass is 10.1. The highest BCUT2D eigenvalue weighted by atomic mass is 79.9. The van der Waals surface area contributed by atoms with Crippen LogP contribution in [0, 0.1) is 11.6 Å². The van der Waals surface area contributed by atoms with Crippen molar-refractivity contribution in [2.45, 2.75) is 13.0 Å². The highest BCUT2D eigenvalue weighted by molar-refractivity contribution is 9.10. The summed E-state index contributed by atoms with van der Waals surface area (Å²) in [5, 5.41) is 0. The number of ether oxygens (including phenoxy) is 1. The lowest BCUT2D eigenvalue weighted by molar-refractivity contribution is 0.0812. The molecule has 0 spiro atoms. The largest absolute Gasteiger partial charge is 0.479 e. The van der Waals surface area contributed by atoms with Crippen molar-refractivity contribution >= 4 is 21.7 Å². The maximum Gasteiger partial charge on any atom is 0.202 e. The van der Waals surface area contributed by atoms with Crippen molar-refractivity contribution in [2.75, 3.05) is 0 Å². The predicted octanol–water partition coefficient (Wildman–Crippen LogP) is 4.38. The van der Waals surface area contributed by atoms with Crippen molar-refractivity contribution in [2.24, 2.45) is 0 Å². The molecule has 0 aliphatic heterocycles. The van der Waals surface area contributed by atoms with Crippen molar-refractivity contribution < 1.29 is 18.3 Å². The fraction of sp³-hybridized carbons (Fsp3) is 0.133. The Morgan fingerprint density at radius 3 is 2.40 bits per heavy atom. The average molecular weight is 341 g/mol. The third-order valence-electron chi connectivity index (χ3n) is 2.70. The summed E-state index contributed by atoms with van der Waals surface area (Å²) in [6.45, 7) is 1.52. The summed E-state index contributed by atoms with van der Waals surface area (Å²) in [4.78, 5) is 12.1. The molecule has 1 unspecified atom stereocenters. The molecule has 0 radical (unpaired) electrons. The van der Waals surface area contributed by atoms with Crippen LogP contribution in [0.15, 0.2) is 46.9 Å². The van der Waals surface area contributed by atoms with Gasteiger partial charge in [0.15, 0.2) is 17.7 Å². The molecule has 104 valence electrons. The van der Waals surface area contributed by atoms with Crippen LogP contribution in [0.2, 0.25) is 0 Å². The first-order chi connectivity index (χ1) is 9.47. The van der Waals surface area contributed by atoms with Crippen molar-refractivity contribution in [3.05, 3.63) is 64.1 Å². The SMILES string of the molecule is CC(Oc1ccc(Br)cc1F)C(=O)c1ccc(F)cc1. The Labute approximate surface area is 123 Å². The normalized spacial score (nSPS) is 12.0. The molecule has 5 heteroatoms. The number of halogens is 3. The van der Waals surface area contributed by atoms with Gasteiger partial charge in [-0.3, -0.25) is 4.79 Å². The summed E-state index contributed by atoms with van der Waals surface area (Å²) < 4.78 is 32.3. The summed E-state index contributed by atoms with van der Waals surface area (Å²) >= 11 is 3.14. The molecule has 0 amide bonds. The number of benzene rings is 2. The first kappa shape index (κ1) is 14.7. The molecule has 0 aromatic heterocycles. The predicted molar refractivity (Wildman–Crippen MR) is 74.9 cm³/mol. The number of carbonyl (C=O) groups is 1. The van der Waals surface area contributed by atoms with E-state index in [2.05, 4.69) is 15.9 Å². The van der Waals surface area contributed by atoms with Gasteiger partial charge in [-0.15, -0.1) is 0 Å². The average Bonchev–Trinajstić information content (AvgIpc) is 2.42. The Bertz CT molecular complexity index is 626. The number of rotatable bonds is 4. The molecule has 0 fully saturated rings. The van der Waals surface area contributed by atoms with Gasteiger partial charge in [0.05, 0.1) is 0 Å². The van der Waals surface area contributed by atoms with Crippen molar-refractivity contribution in [3.8, 4) is 5.75 Å². The van der Waals surface area contributed by atoms with E-state index in [-0.39, 0.29) is 11.5 Å². The van der Waals surface area contributed by atoms with E-state index in [4.69, 9.17) is 4.74 Å². The molecule has 20 heavy (non-hydrogen) atoms. The molecular formula is C15H11BrF2O2. The van der Waals surface area contributed by atoms with Gasteiger partial charge >= 0.3 is 0 Å². The zero-order chi connectivity index (χ0) is 14.7. The molecule has 0 aliphatic rings. The molecule has 0 aliphatic carbocycles. The molecule has 0 N–H and O–H groups in total. The first-order valence-electron chi connectivity index (χ1n) is 5.89. The third-order valence-corrected chi connectivity index (χ3v) is 3.19. The molecule has 2 rings (SSSR count). The van der Waals surface area contributed by atoms with Crippen molar-refractivity contribution in [1.29, 1.82) is 0 Å². The van der Waals surface area contributed by atoms with Crippen LogP contribution >= 0.6 is 15.9 Å². The molecule has 0 heterocycles. The second-order valence-corrected chi connectivity index (χ2v) is 5.12. The van der Waals surface area contributed by atoms with Gasteiger partial charge in [-0.25, -0.2) is 8.78 Å². The second-order valence-electron chi connectivity index (χ2n) is 4.21. The van der Waals surface area contributed by atoms with Crippen LogP contribution in [0.25, 0.3) is 0 Å². The zero-order valence-electron chi connectivity index (χ0n) is 10.6. The molecule has 0 bridgehead atoms. The maximum absolute atomic E-state index is 13.6. The Hall–Kier alpha value is -1.75. The molecule has 0 saturated carbocycles. The third kappa shape index (κ3) is 3.42. The van der Waals surface area contributed by atoms with Crippen LogP contribution in [0.3, 0.4) is 0 Å². The Balaban J connectivity index is 2.13. The Kier molecular flexibility index (Phi) is 4.49. The lowest BCUT2D eigenvalue weighted by Gasteiger charge is -2.14. The monoisotopic (exact) mass is 340 g/mol. The highest BCUT2D eigenvalue weighted by Gasteiger charge is 2.18. The van der Waals surface area contributed by atoms with Gasteiger partial charge in [0, 0.05) is 10.0 Å². The number of carbonyl (C=O) groups excluding carboxylic acids is 1. The van der Waals surface area contributed by atoms with E-state index < -0.39 is 17.7 Å². The summed E-state index contributed by atoms with van der Waals surface area (Å²) in [6, 6.07) is 9.44. The van der Waals surface area contributed by atoms with E-state index in [0.29, 0.717) is 10.0 Å². The Morgan fingerprint density at radius 2 is 1.80 bits per heavy atom. The smallest absolute Gasteiger partial charge is 0.202 e. The molecule has 2 nitrogen and oxygen atoms in total. The quantitative estimate of drug-likeness (QED) is 0.772.